The molecule has 8 heteroatoms. The van der Waals surface area contributed by atoms with E-state index in [1.807, 2.05) is 0 Å². The molecule has 0 saturated heterocycles. The summed E-state index contributed by atoms with van der Waals surface area (Å²) in [7, 11) is 0. The predicted molar refractivity (Wildman–Crippen MR) is 94.4 cm³/mol. The van der Waals surface area contributed by atoms with Gasteiger partial charge in [0, 0.05) is 5.56 Å². The Morgan fingerprint density at radius 1 is 1.15 bits per heavy atom. The van der Waals surface area contributed by atoms with E-state index in [9.17, 15) is 18.8 Å². The van der Waals surface area contributed by atoms with Crippen LogP contribution in [0.2, 0.25) is 5.02 Å². The number of carbonyl (C=O) groups excluding carboxylic acids is 3. The van der Waals surface area contributed by atoms with Crippen molar-refractivity contribution in [3.8, 4) is 0 Å². The van der Waals surface area contributed by atoms with E-state index >= 15 is 0 Å². The van der Waals surface area contributed by atoms with E-state index in [0.717, 1.165) is 12.1 Å². The van der Waals surface area contributed by atoms with Crippen LogP contribution in [0.1, 0.15) is 17.3 Å². The molecular formula is C18H16ClFN2O4. The Hall–Kier alpha value is -2.93. The first-order chi connectivity index (χ1) is 12.4. The van der Waals surface area contributed by atoms with Crippen molar-refractivity contribution < 1.29 is 23.5 Å². The first-order valence-corrected chi connectivity index (χ1v) is 8.03. The largest absolute Gasteiger partial charge is 0.451 e. The van der Waals surface area contributed by atoms with E-state index < -0.39 is 29.7 Å². The molecular weight excluding hydrogens is 363 g/mol. The van der Waals surface area contributed by atoms with Gasteiger partial charge in [-0.2, -0.15) is 0 Å². The van der Waals surface area contributed by atoms with Gasteiger partial charge in [-0.25, -0.2) is 4.39 Å². The van der Waals surface area contributed by atoms with Gasteiger partial charge in [-0.1, -0.05) is 29.8 Å². The molecule has 26 heavy (non-hydrogen) atoms. The summed E-state index contributed by atoms with van der Waals surface area (Å²) in [5.41, 5.74) is 0.593. The van der Waals surface area contributed by atoms with Crippen molar-refractivity contribution in [1.29, 1.82) is 0 Å². The molecule has 2 aromatic carbocycles. The van der Waals surface area contributed by atoms with Crippen LogP contribution in [-0.4, -0.2) is 30.4 Å². The second-order valence-electron chi connectivity index (χ2n) is 5.29. The molecule has 0 bridgehead atoms. The van der Waals surface area contributed by atoms with Gasteiger partial charge in [-0.05, 0) is 37.3 Å². The van der Waals surface area contributed by atoms with Crippen LogP contribution in [0.5, 0.6) is 0 Å². The highest BCUT2D eigenvalue weighted by atomic mass is 35.5. The number of hydrogen-bond donors (Lipinski definition) is 2. The number of halogens is 2. The number of amides is 2. The summed E-state index contributed by atoms with van der Waals surface area (Å²) in [6.07, 6.45) is -1.13. The number of carbonyl (C=O) groups is 3. The van der Waals surface area contributed by atoms with E-state index in [4.69, 9.17) is 16.3 Å². The van der Waals surface area contributed by atoms with Crippen LogP contribution in [0.15, 0.2) is 48.5 Å². The molecule has 0 radical (unpaired) electrons. The van der Waals surface area contributed by atoms with E-state index in [-0.39, 0.29) is 17.3 Å². The average molecular weight is 379 g/mol. The zero-order valence-electron chi connectivity index (χ0n) is 13.8. The number of benzene rings is 2. The summed E-state index contributed by atoms with van der Waals surface area (Å²) in [6, 6.07) is 11.8. The van der Waals surface area contributed by atoms with Crippen molar-refractivity contribution in [2.45, 2.75) is 13.0 Å². The highest BCUT2D eigenvalue weighted by molar-refractivity contribution is 6.33. The fourth-order valence-electron chi connectivity index (χ4n) is 1.96. The molecule has 2 N–H and O–H groups in total. The number of nitrogens with one attached hydrogen (secondary N) is 2. The standard InChI is InChI=1S/C18H16ClFN2O4/c1-11(17(24)22-15-8-7-13(20)9-14(15)19)26-16(23)10-21-18(25)12-5-3-2-4-6-12/h2-9,11H,10H2,1H3,(H,21,25)(H,22,24)/t11-/m1/s1. The van der Waals surface area contributed by atoms with Crippen LogP contribution < -0.4 is 10.6 Å². The molecule has 0 aliphatic heterocycles. The summed E-state index contributed by atoms with van der Waals surface area (Å²) in [5.74, 6) is -2.39. The van der Waals surface area contributed by atoms with Crippen molar-refractivity contribution in [3.63, 3.8) is 0 Å². The minimum atomic E-state index is -1.13. The summed E-state index contributed by atoms with van der Waals surface area (Å²) < 4.78 is 17.9. The van der Waals surface area contributed by atoms with Crippen LogP contribution >= 0.6 is 11.6 Å². The zero-order valence-corrected chi connectivity index (χ0v) is 14.5. The Balaban J connectivity index is 1.82. The number of esters is 1. The van der Waals surface area contributed by atoms with Gasteiger partial charge in [0.1, 0.15) is 12.4 Å². The number of rotatable bonds is 6. The summed E-state index contributed by atoms with van der Waals surface area (Å²) in [4.78, 5) is 35.6. The maximum absolute atomic E-state index is 13.0. The van der Waals surface area contributed by atoms with Gasteiger partial charge in [0.2, 0.25) is 0 Å². The minimum absolute atomic E-state index is 0.0204. The summed E-state index contributed by atoms with van der Waals surface area (Å²) in [5, 5.41) is 4.85. The average Bonchev–Trinajstić information content (AvgIpc) is 2.62. The third-order valence-electron chi connectivity index (χ3n) is 3.30. The van der Waals surface area contributed by atoms with Gasteiger partial charge >= 0.3 is 5.97 Å². The molecule has 0 aliphatic rings. The molecule has 136 valence electrons. The Morgan fingerprint density at radius 2 is 1.85 bits per heavy atom. The molecule has 1 atom stereocenters. The smallest absolute Gasteiger partial charge is 0.326 e. The monoisotopic (exact) mass is 378 g/mol. The Kier molecular flexibility index (Phi) is 6.68. The van der Waals surface area contributed by atoms with Gasteiger partial charge < -0.3 is 15.4 Å². The van der Waals surface area contributed by atoms with Crippen LogP contribution in [-0.2, 0) is 14.3 Å². The van der Waals surface area contributed by atoms with Crippen molar-refractivity contribution >= 4 is 35.1 Å². The van der Waals surface area contributed by atoms with Crippen LogP contribution in [0.3, 0.4) is 0 Å². The molecule has 0 saturated carbocycles. The molecule has 0 unspecified atom stereocenters. The van der Waals surface area contributed by atoms with Crippen molar-refractivity contribution in [2.24, 2.45) is 0 Å². The minimum Gasteiger partial charge on any atom is -0.451 e. The van der Waals surface area contributed by atoms with Crippen LogP contribution in [0, 0.1) is 5.82 Å². The fraction of sp³-hybridized carbons (Fsp3) is 0.167. The van der Waals surface area contributed by atoms with Gasteiger partial charge in [0.05, 0.1) is 10.7 Å². The highest BCUT2D eigenvalue weighted by Crippen LogP contribution is 2.22. The normalized spacial score (nSPS) is 11.3. The van der Waals surface area contributed by atoms with E-state index in [1.54, 1.807) is 30.3 Å². The third-order valence-corrected chi connectivity index (χ3v) is 3.61. The third kappa shape index (κ3) is 5.56. The molecule has 2 aromatic rings. The van der Waals surface area contributed by atoms with Gasteiger partial charge in [0.15, 0.2) is 6.10 Å². The predicted octanol–water partition coefficient (Wildman–Crippen LogP) is 2.78. The lowest BCUT2D eigenvalue weighted by Gasteiger charge is -2.14. The van der Waals surface area contributed by atoms with E-state index in [0.29, 0.717) is 5.56 Å². The van der Waals surface area contributed by atoms with Crippen molar-refractivity contribution in [3.05, 3.63) is 64.9 Å². The van der Waals surface area contributed by atoms with Gasteiger partial charge in [-0.15, -0.1) is 0 Å². The van der Waals surface area contributed by atoms with E-state index in [1.165, 1.54) is 13.0 Å². The fourth-order valence-corrected chi connectivity index (χ4v) is 2.18. The number of anilines is 1. The SMILES string of the molecule is C[C@@H](OC(=O)CNC(=O)c1ccccc1)C(=O)Nc1ccc(F)cc1Cl. The molecule has 0 heterocycles. The molecule has 2 rings (SSSR count). The zero-order chi connectivity index (χ0) is 19.1. The van der Waals surface area contributed by atoms with Gasteiger partial charge in [0.25, 0.3) is 11.8 Å². The molecule has 0 fully saturated rings. The summed E-state index contributed by atoms with van der Waals surface area (Å²) >= 11 is 5.82. The first-order valence-electron chi connectivity index (χ1n) is 7.65. The molecule has 0 aromatic heterocycles. The quantitative estimate of drug-likeness (QED) is 0.757. The Morgan fingerprint density at radius 3 is 2.50 bits per heavy atom. The van der Waals surface area contributed by atoms with Crippen molar-refractivity contribution in [2.75, 3.05) is 11.9 Å². The van der Waals surface area contributed by atoms with E-state index in [2.05, 4.69) is 10.6 Å². The lowest BCUT2D eigenvalue weighted by Crippen LogP contribution is -2.35. The lowest BCUT2D eigenvalue weighted by atomic mass is 10.2. The second kappa shape index (κ2) is 8.96. The Bertz CT molecular complexity index is 814. The first kappa shape index (κ1) is 19.4. The highest BCUT2D eigenvalue weighted by Gasteiger charge is 2.19. The molecule has 0 aliphatic carbocycles. The molecule has 0 spiro atoms. The lowest BCUT2D eigenvalue weighted by molar-refractivity contribution is -0.152. The van der Waals surface area contributed by atoms with Crippen molar-refractivity contribution in [1.82, 2.24) is 5.32 Å². The number of ether oxygens (including phenoxy) is 1. The second-order valence-corrected chi connectivity index (χ2v) is 5.70. The maximum Gasteiger partial charge on any atom is 0.326 e. The van der Waals surface area contributed by atoms with Crippen LogP contribution in [0.25, 0.3) is 0 Å². The van der Waals surface area contributed by atoms with Crippen LogP contribution in [0.4, 0.5) is 10.1 Å². The maximum atomic E-state index is 13.0. The summed E-state index contributed by atoms with van der Waals surface area (Å²) in [6.45, 7) is 0.979. The molecule has 2 amide bonds. The number of hydrogen-bond acceptors (Lipinski definition) is 4. The van der Waals surface area contributed by atoms with Gasteiger partial charge in [-0.3, -0.25) is 14.4 Å². The Labute approximate surface area is 154 Å². The topological polar surface area (TPSA) is 84.5 Å². The molecule has 6 nitrogen and oxygen atoms in total.